The van der Waals surface area contributed by atoms with Crippen molar-refractivity contribution >= 4 is 23.5 Å². The number of nitrogens with zero attached hydrogens (tertiary/aromatic N) is 1. The van der Waals surface area contributed by atoms with E-state index in [9.17, 15) is 4.79 Å². The van der Waals surface area contributed by atoms with Gasteiger partial charge in [-0.3, -0.25) is 4.79 Å². The molecule has 140 valence electrons. The number of hydrogen-bond donors (Lipinski definition) is 3. The molecule has 3 N–H and O–H groups in total. The molecule has 0 radical (unpaired) electrons. The Morgan fingerprint density at radius 2 is 2.11 bits per heavy atom. The van der Waals surface area contributed by atoms with E-state index in [0.717, 1.165) is 41.2 Å². The highest BCUT2D eigenvalue weighted by Gasteiger charge is 2.26. The maximum atomic E-state index is 11.1. The Kier molecular flexibility index (Phi) is 7.03. The number of carboxylic acid groups (broad SMARTS) is 1. The molecular formula is C21H23N3O2S. The van der Waals surface area contributed by atoms with Gasteiger partial charge in [-0.15, -0.1) is 11.3 Å². The molecule has 1 aromatic heterocycles. The Bertz CT molecular complexity index is 836. The fourth-order valence-corrected chi connectivity index (χ4v) is 3.76. The zero-order valence-corrected chi connectivity index (χ0v) is 15.8. The summed E-state index contributed by atoms with van der Waals surface area (Å²) in [5, 5.41) is 16.6. The van der Waals surface area contributed by atoms with Crippen molar-refractivity contribution in [1.82, 2.24) is 10.7 Å². The molecule has 0 spiro atoms. The molecule has 0 saturated carbocycles. The van der Waals surface area contributed by atoms with Gasteiger partial charge in [-0.25, -0.2) is 0 Å². The summed E-state index contributed by atoms with van der Waals surface area (Å²) < 4.78 is 0. The second-order valence-corrected chi connectivity index (χ2v) is 7.68. The number of hydrazone groups is 1. The average Bonchev–Trinajstić information content (AvgIpc) is 3.15. The molecule has 6 heteroatoms. The molecule has 0 bridgehead atoms. The van der Waals surface area contributed by atoms with Crippen LogP contribution in [-0.2, 0) is 4.79 Å². The summed E-state index contributed by atoms with van der Waals surface area (Å²) in [5.74, 6) is 5.72. The van der Waals surface area contributed by atoms with E-state index in [1.54, 1.807) is 17.6 Å². The summed E-state index contributed by atoms with van der Waals surface area (Å²) in [6, 6.07) is 13.9. The molecule has 1 aliphatic rings. The summed E-state index contributed by atoms with van der Waals surface area (Å²) >= 11 is 1.60. The molecule has 1 saturated heterocycles. The Hall–Kier alpha value is -2.62. The van der Waals surface area contributed by atoms with Crippen LogP contribution in [0.3, 0.4) is 0 Å². The van der Waals surface area contributed by atoms with Crippen molar-refractivity contribution in [2.45, 2.75) is 12.8 Å². The highest BCUT2D eigenvalue weighted by Crippen LogP contribution is 2.19. The van der Waals surface area contributed by atoms with E-state index >= 15 is 0 Å². The van der Waals surface area contributed by atoms with Crippen LogP contribution in [0.15, 0.2) is 47.6 Å². The maximum absolute atomic E-state index is 11.1. The van der Waals surface area contributed by atoms with E-state index in [0.29, 0.717) is 12.5 Å². The maximum Gasteiger partial charge on any atom is 0.307 e. The van der Waals surface area contributed by atoms with Gasteiger partial charge < -0.3 is 15.8 Å². The second-order valence-electron chi connectivity index (χ2n) is 6.57. The van der Waals surface area contributed by atoms with Crippen molar-refractivity contribution < 1.29 is 9.90 Å². The predicted octanol–water partition coefficient (Wildman–Crippen LogP) is 2.77. The number of aliphatic carboxylic acids is 1. The minimum atomic E-state index is -0.706. The third-order valence-corrected chi connectivity index (χ3v) is 5.40. The molecule has 1 fully saturated rings. The molecule has 2 atom stereocenters. The minimum absolute atomic E-state index is 0.270. The second kappa shape index (κ2) is 9.91. The normalized spacial score (nSPS) is 19.4. The van der Waals surface area contributed by atoms with Gasteiger partial charge in [0.05, 0.1) is 17.0 Å². The van der Waals surface area contributed by atoms with Crippen molar-refractivity contribution in [3.05, 3.63) is 57.8 Å². The van der Waals surface area contributed by atoms with Gasteiger partial charge in [0.1, 0.15) is 0 Å². The first-order chi connectivity index (χ1) is 13.2. The zero-order valence-electron chi connectivity index (χ0n) is 15.0. The third kappa shape index (κ3) is 6.24. The lowest BCUT2D eigenvalue weighted by molar-refractivity contribution is -0.142. The van der Waals surface area contributed by atoms with E-state index < -0.39 is 5.97 Å². The highest BCUT2D eigenvalue weighted by molar-refractivity contribution is 7.14. The van der Waals surface area contributed by atoms with Crippen molar-refractivity contribution in [1.29, 1.82) is 0 Å². The van der Waals surface area contributed by atoms with Gasteiger partial charge in [0, 0.05) is 23.5 Å². The summed E-state index contributed by atoms with van der Waals surface area (Å²) in [5.41, 5.74) is 4.06. The van der Waals surface area contributed by atoms with Crippen LogP contribution in [0.25, 0.3) is 0 Å². The molecule has 1 aliphatic heterocycles. The molecule has 1 aromatic carbocycles. The lowest BCUT2D eigenvalue weighted by Crippen LogP contribution is -2.40. The fraction of sp³-hybridized carbons (Fsp3) is 0.333. The molecule has 3 rings (SSSR count). The molecule has 5 nitrogen and oxygen atoms in total. The Balaban J connectivity index is 1.41. The quantitative estimate of drug-likeness (QED) is 0.311. The van der Waals surface area contributed by atoms with Crippen molar-refractivity contribution in [3.8, 4) is 11.8 Å². The van der Waals surface area contributed by atoms with Crippen LogP contribution in [0.4, 0.5) is 0 Å². The lowest BCUT2D eigenvalue weighted by Gasteiger charge is -2.27. The highest BCUT2D eigenvalue weighted by atomic mass is 32.1. The van der Waals surface area contributed by atoms with Crippen LogP contribution in [0.5, 0.6) is 0 Å². The standard InChI is InChI=1S/C21H23N3O2S/c25-21(26)18-12-17(13-22-14-18)10-11-23-24-15-20-9-8-19(27-20)7-6-16-4-2-1-3-5-16/h1-5,8-9,15,17-18,22-23H,10-14H2,(H,25,26)/b24-15+/t17-,18+/m0/s1. The van der Waals surface area contributed by atoms with Crippen LogP contribution in [-0.4, -0.2) is 36.9 Å². The topological polar surface area (TPSA) is 73.7 Å². The largest absolute Gasteiger partial charge is 0.481 e. The van der Waals surface area contributed by atoms with Crippen molar-refractivity contribution in [2.24, 2.45) is 16.9 Å². The first-order valence-electron chi connectivity index (χ1n) is 9.07. The van der Waals surface area contributed by atoms with Gasteiger partial charge in [0.15, 0.2) is 0 Å². The zero-order chi connectivity index (χ0) is 18.9. The molecule has 2 aromatic rings. The Labute approximate surface area is 163 Å². The van der Waals surface area contributed by atoms with E-state index in [4.69, 9.17) is 5.11 Å². The van der Waals surface area contributed by atoms with Gasteiger partial charge in [-0.05, 0) is 49.6 Å². The van der Waals surface area contributed by atoms with Crippen molar-refractivity contribution in [2.75, 3.05) is 19.6 Å². The number of thiophene rings is 1. The number of benzene rings is 1. The number of carboxylic acids is 1. The monoisotopic (exact) mass is 381 g/mol. The van der Waals surface area contributed by atoms with Crippen LogP contribution >= 0.6 is 11.3 Å². The minimum Gasteiger partial charge on any atom is -0.481 e. The number of carbonyl (C=O) groups is 1. The average molecular weight is 382 g/mol. The van der Waals surface area contributed by atoms with E-state index in [1.807, 2.05) is 42.5 Å². The number of piperidine rings is 1. The lowest BCUT2D eigenvalue weighted by atomic mass is 9.88. The van der Waals surface area contributed by atoms with E-state index in [1.165, 1.54) is 0 Å². The molecule has 0 aliphatic carbocycles. The Morgan fingerprint density at radius 3 is 2.93 bits per heavy atom. The van der Waals surface area contributed by atoms with Gasteiger partial charge >= 0.3 is 5.97 Å². The fourth-order valence-electron chi connectivity index (χ4n) is 3.03. The third-order valence-electron chi connectivity index (χ3n) is 4.47. The molecule has 2 heterocycles. The van der Waals surface area contributed by atoms with Crippen molar-refractivity contribution in [3.63, 3.8) is 0 Å². The van der Waals surface area contributed by atoms with Gasteiger partial charge in [0.2, 0.25) is 0 Å². The summed E-state index contributed by atoms with van der Waals surface area (Å²) in [7, 11) is 0. The van der Waals surface area contributed by atoms with Crippen LogP contribution in [0, 0.1) is 23.7 Å². The molecular weight excluding hydrogens is 358 g/mol. The van der Waals surface area contributed by atoms with Gasteiger partial charge in [-0.2, -0.15) is 5.10 Å². The number of hydrogen-bond acceptors (Lipinski definition) is 5. The summed E-state index contributed by atoms with van der Waals surface area (Å²) in [6.07, 6.45) is 3.45. The first kappa shape index (κ1) is 19.2. The first-order valence-corrected chi connectivity index (χ1v) is 9.88. The summed E-state index contributed by atoms with van der Waals surface area (Å²) in [6.45, 7) is 2.19. The van der Waals surface area contributed by atoms with E-state index in [-0.39, 0.29) is 5.92 Å². The molecule has 0 unspecified atom stereocenters. The van der Waals surface area contributed by atoms with Crippen LogP contribution in [0.1, 0.15) is 28.2 Å². The van der Waals surface area contributed by atoms with Gasteiger partial charge in [0.25, 0.3) is 0 Å². The SMILES string of the molecule is O=C(O)[C@H]1CNC[C@@H](CCN/N=C/c2ccc(C#Cc3ccccc3)s2)C1. The number of rotatable bonds is 6. The number of nitrogens with one attached hydrogen (secondary N) is 2. The molecule has 27 heavy (non-hydrogen) atoms. The molecule has 0 amide bonds. The smallest absolute Gasteiger partial charge is 0.307 e. The van der Waals surface area contributed by atoms with E-state index in [2.05, 4.69) is 27.7 Å². The van der Waals surface area contributed by atoms with Crippen LogP contribution < -0.4 is 10.7 Å². The van der Waals surface area contributed by atoms with Gasteiger partial charge in [-0.1, -0.05) is 30.0 Å². The predicted molar refractivity (Wildman–Crippen MR) is 109 cm³/mol. The Morgan fingerprint density at radius 1 is 1.26 bits per heavy atom. The summed E-state index contributed by atoms with van der Waals surface area (Å²) in [4.78, 5) is 13.1. The van der Waals surface area contributed by atoms with Crippen LogP contribution in [0.2, 0.25) is 0 Å².